The molecule has 0 amide bonds. The molecule has 0 radical (unpaired) electrons. The van der Waals surface area contributed by atoms with Crippen LogP contribution in [0.2, 0.25) is 0 Å². The zero-order valence-electron chi connectivity index (χ0n) is 11.1. The molecule has 1 aromatic rings. The Labute approximate surface area is 108 Å². The van der Waals surface area contributed by atoms with E-state index in [0.29, 0.717) is 12.0 Å². The lowest BCUT2D eigenvalue weighted by Gasteiger charge is -2.05. The van der Waals surface area contributed by atoms with Crippen LogP contribution in [-0.4, -0.2) is 13.1 Å². The zero-order valence-corrected chi connectivity index (χ0v) is 11.1. The van der Waals surface area contributed by atoms with Crippen LogP contribution in [0.1, 0.15) is 32.3 Å². The third kappa shape index (κ3) is 5.41. The molecular weight excluding hydrogens is 232 g/mol. The molecule has 0 aliphatic rings. The Hall–Kier alpha value is -1.22. The van der Waals surface area contributed by atoms with Crippen molar-refractivity contribution in [2.75, 3.05) is 13.1 Å². The molecule has 18 heavy (non-hydrogen) atoms. The van der Waals surface area contributed by atoms with Crippen molar-refractivity contribution in [1.29, 1.82) is 0 Å². The molecule has 0 fully saturated rings. The zero-order chi connectivity index (χ0) is 13.4. The molecule has 3 heteroatoms. The van der Waals surface area contributed by atoms with Crippen LogP contribution in [0, 0.1) is 11.6 Å². The highest BCUT2D eigenvalue weighted by molar-refractivity contribution is 5.23. The standard InChI is InChI=1S/C15H21F2N/c1-3-8-18-9-4-5-12(2)10-13-11-14(16)6-7-15(13)17/h5-7,11,18H,3-4,8-10H2,1-2H3. The highest BCUT2D eigenvalue weighted by Gasteiger charge is 2.04. The van der Waals surface area contributed by atoms with Crippen molar-refractivity contribution >= 4 is 0 Å². The van der Waals surface area contributed by atoms with Crippen molar-refractivity contribution in [2.24, 2.45) is 0 Å². The minimum Gasteiger partial charge on any atom is -0.316 e. The van der Waals surface area contributed by atoms with E-state index in [9.17, 15) is 8.78 Å². The summed E-state index contributed by atoms with van der Waals surface area (Å²) in [4.78, 5) is 0. The summed E-state index contributed by atoms with van der Waals surface area (Å²) in [5, 5.41) is 3.30. The van der Waals surface area contributed by atoms with Gasteiger partial charge >= 0.3 is 0 Å². The second kappa shape index (κ2) is 7.98. The van der Waals surface area contributed by atoms with Crippen LogP contribution >= 0.6 is 0 Å². The molecule has 0 aromatic heterocycles. The molecule has 1 nitrogen and oxygen atoms in total. The minimum absolute atomic E-state index is 0.340. The number of allylic oxidation sites excluding steroid dienone is 1. The Balaban J connectivity index is 2.45. The Morgan fingerprint density at radius 1 is 1.28 bits per heavy atom. The topological polar surface area (TPSA) is 12.0 Å². The number of rotatable bonds is 7. The fraction of sp³-hybridized carbons (Fsp3) is 0.467. The summed E-state index contributed by atoms with van der Waals surface area (Å²) in [7, 11) is 0. The fourth-order valence-electron chi connectivity index (χ4n) is 1.77. The molecule has 0 aliphatic heterocycles. The van der Waals surface area contributed by atoms with Crippen LogP contribution in [0.4, 0.5) is 8.78 Å². The van der Waals surface area contributed by atoms with Gasteiger partial charge in [0.1, 0.15) is 11.6 Å². The van der Waals surface area contributed by atoms with Gasteiger partial charge in [-0.25, -0.2) is 8.78 Å². The van der Waals surface area contributed by atoms with Gasteiger partial charge in [0.2, 0.25) is 0 Å². The summed E-state index contributed by atoms with van der Waals surface area (Å²) in [6.07, 6.45) is 4.59. The van der Waals surface area contributed by atoms with E-state index in [1.807, 2.05) is 6.92 Å². The maximum absolute atomic E-state index is 13.4. The Bertz CT molecular complexity index is 399. The number of nitrogens with one attached hydrogen (secondary N) is 1. The van der Waals surface area contributed by atoms with Gasteiger partial charge < -0.3 is 5.32 Å². The van der Waals surface area contributed by atoms with Crippen molar-refractivity contribution < 1.29 is 8.78 Å². The lowest BCUT2D eigenvalue weighted by atomic mass is 10.0. The molecule has 0 aliphatic carbocycles. The summed E-state index contributed by atoms with van der Waals surface area (Å²) in [6.45, 7) is 6.02. The van der Waals surface area contributed by atoms with E-state index < -0.39 is 0 Å². The summed E-state index contributed by atoms with van der Waals surface area (Å²) < 4.78 is 26.4. The van der Waals surface area contributed by atoms with E-state index >= 15 is 0 Å². The van der Waals surface area contributed by atoms with Crippen molar-refractivity contribution in [3.63, 3.8) is 0 Å². The molecule has 0 atom stereocenters. The first-order chi connectivity index (χ1) is 8.63. The highest BCUT2D eigenvalue weighted by Crippen LogP contribution is 2.14. The van der Waals surface area contributed by atoms with Crippen LogP contribution in [-0.2, 0) is 6.42 Å². The molecule has 100 valence electrons. The predicted octanol–water partition coefficient (Wildman–Crippen LogP) is 3.84. The summed E-state index contributed by atoms with van der Waals surface area (Å²) in [5.41, 5.74) is 1.49. The molecular formula is C15H21F2N. The van der Waals surface area contributed by atoms with E-state index in [1.165, 1.54) is 12.1 Å². The quantitative estimate of drug-likeness (QED) is 0.575. The van der Waals surface area contributed by atoms with Crippen molar-refractivity contribution in [2.45, 2.75) is 33.1 Å². The Kier molecular flexibility index (Phi) is 6.58. The Morgan fingerprint density at radius 3 is 2.78 bits per heavy atom. The Morgan fingerprint density at radius 2 is 2.06 bits per heavy atom. The summed E-state index contributed by atoms with van der Waals surface area (Å²) in [5.74, 6) is -0.725. The number of benzene rings is 1. The normalized spacial score (nSPS) is 11.9. The monoisotopic (exact) mass is 253 g/mol. The van der Waals surface area contributed by atoms with Crippen LogP contribution in [0.15, 0.2) is 29.8 Å². The smallest absolute Gasteiger partial charge is 0.126 e. The molecule has 0 bridgehead atoms. The van der Waals surface area contributed by atoms with Gasteiger partial charge in [-0.1, -0.05) is 18.6 Å². The van der Waals surface area contributed by atoms with Crippen LogP contribution < -0.4 is 5.32 Å². The first-order valence-electron chi connectivity index (χ1n) is 6.43. The van der Waals surface area contributed by atoms with Gasteiger partial charge in [0, 0.05) is 0 Å². The van der Waals surface area contributed by atoms with Crippen LogP contribution in [0.3, 0.4) is 0 Å². The van der Waals surface area contributed by atoms with Gasteiger partial charge in [-0.3, -0.25) is 0 Å². The van der Waals surface area contributed by atoms with Crippen molar-refractivity contribution in [3.8, 4) is 0 Å². The lowest BCUT2D eigenvalue weighted by Crippen LogP contribution is -2.15. The maximum atomic E-state index is 13.4. The lowest BCUT2D eigenvalue weighted by molar-refractivity contribution is 0.588. The molecule has 1 rings (SSSR count). The maximum Gasteiger partial charge on any atom is 0.126 e. The van der Waals surface area contributed by atoms with E-state index in [2.05, 4.69) is 18.3 Å². The number of hydrogen-bond acceptors (Lipinski definition) is 1. The van der Waals surface area contributed by atoms with Crippen LogP contribution in [0.25, 0.3) is 0 Å². The molecule has 0 saturated heterocycles. The molecule has 0 heterocycles. The molecule has 0 saturated carbocycles. The number of hydrogen-bond donors (Lipinski definition) is 1. The second-order valence-corrected chi connectivity index (χ2v) is 4.50. The first-order valence-corrected chi connectivity index (χ1v) is 6.43. The van der Waals surface area contributed by atoms with Gasteiger partial charge in [0.15, 0.2) is 0 Å². The largest absolute Gasteiger partial charge is 0.316 e. The van der Waals surface area contributed by atoms with Gasteiger partial charge in [0.25, 0.3) is 0 Å². The van der Waals surface area contributed by atoms with Crippen molar-refractivity contribution in [3.05, 3.63) is 47.0 Å². The molecule has 1 aromatic carbocycles. The summed E-state index contributed by atoms with van der Waals surface area (Å²) in [6, 6.07) is 3.59. The average molecular weight is 253 g/mol. The fourth-order valence-corrected chi connectivity index (χ4v) is 1.77. The molecule has 1 N–H and O–H groups in total. The van der Waals surface area contributed by atoms with Gasteiger partial charge in [-0.2, -0.15) is 0 Å². The average Bonchev–Trinajstić information content (AvgIpc) is 2.33. The SMILES string of the molecule is CCCNCCC=C(C)Cc1cc(F)ccc1F. The van der Waals surface area contributed by atoms with E-state index in [-0.39, 0.29) is 11.6 Å². The summed E-state index contributed by atoms with van der Waals surface area (Å²) >= 11 is 0. The van der Waals surface area contributed by atoms with E-state index in [0.717, 1.165) is 37.6 Å². The van der Waals surface area contributed by atoms with E-state index in [1.54, 1.807) is 0 Å². The van der Waals surface area contributed by atoms with Gasteiger partial charge in [-0.15, -0.1) is 0 Å². The highest BCUT2D eigenvalue weighted by atomic mass is 19.1. The van der Waals surface area contributed by atoms with Gasteiger partial charge in [-0.05, 0) is 63.0 Å². The third-order valence-electron chi connectivity index (χ3n) is 2.72. The van der Waals surface area contributed by atoms with E-state index in [4.69, 9.17) is 0 Å². The predicted molar refractivity (Wildman–Crippen MR) is 71.6 cm³/mol. The first kappa shape index (κ1) is 14.8. The molecule has 0 spiro atoms. The molecule has 0 unspecified atom stereocenters. The minimum atomic E-state index is -0.385. The van der Waals surface area contributed by atoms with Gasteiger partial charge in [0.05, 0.1) is 0 Å². The van der Waals surface area contributed by atoms with Crippen LogP contribution in [0.5, 0.6) is 0 Å². The third-order valence-corrected chi connectivity index (χ3v) is 2.72. The second-order valence-electron chi connectivity index (χ2n) is 4.50. The number of halogens is 2. The van der Waals surface area contributed by atoms with Crippen molar-refractivity contribution in [1.82, 2.24) is 5.32 Å².